The van der Waals surface area contributed by atoms with E-state index in [1.54, 1.807) is 17.9 Å². The smallest absolute Gasteiger partial charge is 0.261 e. The first-order valence-electron chi connectivity index (χ1n) is 9.99. The minimum Gasteiger partial charge on any atom is -0.340 e. The van der Waals surface area contributed by atoms with E-state index in [2.05, 4.69) is 17.4 Å². The maximum Gasteiger partial charge on any atom is 0.261 e. The molecule has 1 aromatic heterocycles. The highest BCUT2D eigenvalue weighted by atomic mass is 32.1. The van der Waals surface area contributed by atoms with Crippen LogP contribution in [0, 0.1) is 0 Å². The van der Waals surface area contributed by atoms with Crippen molar-refractivity contribution in [1.82, 2.24) is 15.1 Å². The van der Waals surface area contributed by atoms with Gasteiger partial charge in [-0.1, -0.05) is 36.4 Å². The number of piperazine rings is 1. The minimum absolute atomic E-state index is 0.105. The topological polar surface area (TPSA) is 69.7 Å². The predicted molar refractivity (Wildman–Crippen MR) is 114 cm³/mol. The summed E-state index contributed by atoms with van der Waals surface area (Å²) in [7, 11) is 0. The summed E-state index contributed by atoms with van der Waals surface area (Å²) in [6.07, 6.45) is 2.25. The van der Waals surface area contributed by atoms with Gasteiger partial charge in [0.25, 0.3) is 5.91 Å². The Balaban J connectivity index is 1.39. The first-order chi connectivity index (χ1) is 14.0. The second-order valence-corrected chi connectivity index (χ2v) is 8.17. The fourth-order valence-corrected chi connectivity index (χ4v) is 4.06. The van der Waals surface area contributed by atoms with Crippen LogP contribution in [0.4, 0.5) is 0 Å². The average molecular weight is 414 g/mol. The van der Waals surface area contributed by atoms with Gasteiger partial charge in [-0.25, -0.2) is 0 Å². The van der Waals surface area contributed by atoms with Crippen LogP contribution in [0.1, 0.15) is 35.0 Å². The number of carbonyl (C=O) groups is 3. The molecule has 3 rings (SSSR count). The van der Waals surface area contributed by atoms with E-state index in [0.717, 1.165) is 12.8 Å². The number of rotatable bonds is 7. The summed E-state index contributed by atoms with van der Waals surface area (Å²) in [5.41, 5.74) is 1.24. The molecule has 1 aromatic carbocycles. The van der Waals surface area contributed by atoms with E-state index in [1.807, 2.05) is 34.5 Å². The van der Waals surface area contributed by atoms with E-state index < -0.39 is 6.04 Å². The van der Waals surface area contributed by atoms with Gasteiger partial charge in [-0.05, 0) is 36.8 Å². The van der Waals surface area contributed by atoms with Gasteiger partial charge in [0.05, 0.1) is 4.88 Å². The Morgan fingerprint density at radius 1 is 1.00 bits per heavy atom. The van der Waals surface area contributed by atoms with E-state index >= 15 is 0 Å². The lowest BCUT2D eigenvalue weighted by Crippen LogP contribution is -2.55. The van der Waals surface area contributed by atoms with Crippen LogP contribution >= 0.6 is 11.3 Å². The molecule has 2 aromatic rings. The highest BCUT2D eigenvalue weighted by Gasteiger charge is 2.27. The summed E-state index contributed by atoms with van der Waals surface area (Å²) in [4.78, 5) is 41.3. The van der Waals surface area contributed by atoms with Crippen LogP contribution < -0.4 is 5.32 Å². The van der Waals surface area contributed by atoms with Crippen LogP contribution in [0.3, 0.4) is 0 Å². The highest BCUT2D eigenvalue weighted by molar-refractivity contribution is 7.12. The van der Waals surface area contributed by atoms with Gasteiger partial charge in [0.1, 0.15) is 6.04 Å². The monoisotopic (exact) mass is 413 g/mol. The van der Waals surface area contributed by atoms with Crippen molar-refractivity contribution in [3.8, 4) is 0 Å². The first kappa shape index (κ1) is 21.0. The third-order valence-electron chi connectivity index (χ3n) is 5.11. The summed E-state index contributed by atoms with van der Waals surface area (Å²) >= 11 is 1.35. The molecule has 7 heteroatoms. The molecule has 29 heavy (non-hydrogen) atoms. The molecule has 1 saturated heterocycles. The molecule has 0 bridgehead atoms. The normalized spacial score (nSPS) is 15.1. The molecule has 1 aliphatic rings. The Hall–Kier alpha value is -2.67. The number of amides is 3. The Bertz CT molecular complexity index is 815. The number of nitrogens with one attached hydrogen (secondary N) is 1. The molecule has 1 aliphatic heterocycles. The van der Waals surface area contributed by atoms with Crippen molar-refractivity contribution in [2.24, 2.45) is 0 Å². The second kappa shape index (κ2) is 10.2. The van der Waals surface area contributed by atoms with Crippen LogP contribution in [0.2, 0.25) is 0 Å². The number of hydrogen-bond acceptors (Lipinski definition) is 4. The highest BCUT2D eigenvalue weighted by Crippen LogP contribution is 2.11. The molecule has 3 amide bonds. The van der Waals surface area contributed by atoms with Gasteiger partial charge >= 0.3 is 0 Å². The zero-order valence-corrected chi connectivity index (χ0v) is 17.5. The second-order valence-electron chi connectivity index (χ2n) is 7.22. The summed E-state index contributed by atoms with van der Waals surface area (Å²) in [5, 5.41) is 4.59. The van der Waals surface area contributed by atoms with E-state index in [4.69, 9.17) is 0 Å². The molecular weight excluding hydrogens is 386 g/mol. The minimum atomic E-state index is -0.585. The number of nitrogens with zero attached hydrogens (tertiary/aromatic N) is 2. The third-order valence-corrected chi connectivity index (χ3v) is 5.97. The molecular formula is C22H27N3O3S. The van der Waals surface area contributed by atoms with Gasteiger partial charge in [0.15, 0.2) is 0 Å². The zero-order valence-electron chi connectivity index (χ0n) is 16.7. The van der Waals surface area contributed by atoms with Gasteiger partial charge in [-0.2, -0.15) is 0 Å². The van der Waals surface area contributed by atoms with Crippen LogP contribution in [0.15, 0.2) is 47.8 Å². The quantitative estimate of drug-likeness (QED) is 0.758. The number of thiophene rings is 1. The van der Waals surface area contributed by atoms with Gasteiger partial charge in [0.2, 0.25) is 11.8 Å². The van der Waals surface area contributed by atoms with Gasteiger partial charge in [-0.15, -0.1) is 11.3 Å². The van der Waals surface area contributed by atoms with Crippen LogP contribution in [-0.4, -0.2) is 59.7 Å². The van der Waals surface area contributed by atoms with Crippen LogP contribution in [0.5, 0.6) is 0 Å². The molecule has 1 unspecified atom stereocenters. The molecule has 0 radical (unpaired) electrons. The summed E-state index contributed by atoms with van der Waals surface area (Å²) in [5.74, 6) is -0.189. The van der Waals surface area contributed by atoms with Gasteiger partial charge in [-0.3, -0.25) is 14.4 Å². The van der Waals surface area contributed by atoms with Crippen molar-refractivity contribution in [2.45, 2.75) is 32.2 Å². The van der Waals surface area contributed by atoms with Crippen molar-refractivity contribution in [3.05, 3.63) is 58.3 Å². The molecule has 0 aliphatic carbocycles. The standard InChI is InChI=1S/C22H27N3O3S/c1-17(23-21(27)19-10-6-16-29-19)22(28)25-14-12-24(13-15-25)20(26)11-5-9-18-7-3-2-4-8-18/h2-4,6-8,10,16-17H,5,9,11-15H2,1H3,(H,23,27). The molecule has 0 spiro atoms. The van der Waals surface area contributed by atoms with Crippen LogP contribution in [0.25, 0.3) is 0 Å². The fraction of sp³-hybridized carbons (Fsp3) is 0.409. The lowest BCUT2D eigenvalue weighted by Gasteiger charge is -2.36. The molecule has 6 nitrogen and oxygen atoms in total. The summed E-state index contributed by atoms with van der Waals surface area (Å²) < 4.78 is 0. The first-order valence-corrected chi connectivity index (χ1v) is 10.9. The number of hydrogen-bond donors (Lipinski definition) is 1. The molecule has 1 N–H and O–H groups in total. The maximum absolute atomic E-state index is 12.6. The van der Waals surface area contributed by atoms with Gasteiger partial charge < -0.3 is 15.1 Å². The Morgan fingerprint density at radius 3 is 2.34 bits per heavy atom. The molecule has 2 heterocycles. The fourth-order valence-electron chi connectivity index (χ4n) is 3.43. The Labute approximate surface area is 175 Å². The third kappa shape index (κ3) is 5.90. The Morgan fingerprint density at radius 2 is 1.69 bits per heavy atom. The van der Waals surface area contributed by atoms with Crippen LogP contribution in [-0.2, 0) is 16.0 Å². The SMILES string of the molecule is CC(NC(=O)c1cccs1)C(=O)N1CCN(C(=O)CCCc2ccccc2)CC1. The van der Waals surface area contributed by atoms with Crippen molar-refractivity contribution >= 4 is 29.1 Å². The summed E-state index contributed by atoms with van der Waals surface area (Å²) in [6.45, 7) is 3.79. The van der Waals surface area contributed by atoms with Crippen molar-refractivity contribution < 1.29 is 14.4 Å². The van der Waals surface area contributed by atoms with Gasteiger partial charge in [0, 0.05) is 32.6 Å². The number of carbonyl (C=O) groups excluding carboxylic acids is 3. The molecule has 1 fully saturated rings. The van der Waals surface area contributed by atoms with Crippen molar-refractivity contribution in [2.75, 3.05) is 26.2 Å². The number of benzene rings is 1. The average Bonchev–Trinajstić information content (AvgIpc) is 3.29. The molecule has 1 atom stereocenters. The lowest BCUT2D eigenvalue weighted by atomic mass is 10.1. The van der Waals surface area contributed by atoms with E-state index in [9.17, 15) is 14.4 Å². The summed E-state index contributed by atoms with van der Waals surface area (Å²) in [6, 6.07) is 13.1. The van der Waals surface area contributed by atoms with E-state index in [1.165, 1.54) is 16.9 Å². The van der Waals surface area contributed by atoms with Crippen molar-refractivity contribution in [3.63, 3.8) is 0 Å². The molecule has 0 saturated carbocycles. The predicted octanol–water partition coefficient (Wildman–Crippen LogP) is 2.56. The number of aryl methyl sites for hydroxylation is 1. The largest absolute Gasteiger partial charge is 0.340 e. The van der Waals surface area contributed by atoms with Crippen molar-refractivity contribution in [1.29, 1.82) is 0 Å². The maximum atomic E-state index is 12.6. The van der Waals surface area contributed by atoms with E-state index in [0.29, 0.717) is 37.5 Å². The Kier molecular flexibility index (Phi) is 7.41. The van der Waals surface area contributed by atoms with E-state index in [-0.39, 0.29) is 17.7 Å². The zero-order chi connectivity index (χ0) is 20.6. The molecule has 154 valence electrons. The lowest BCUT2D eigenvalue weighted by molar-refractivity contribution is -0.140.